The molecule has 0 fully saturated rings. The van der Waals surface area contributed by atoms with Crippen LogP contribution in [0.2, 0.25) is 5.02 Å². The lowest BCUT2D eigenvalue weighted by Gasteiger charge is -1.94. The first-order valence-electron chi connectivity index (χ1n) is 4.78. The van der Waals surface area contributed by atoms with Crippen LogP contribution in [-0.2, 0) is 4.79 Å². The van der Waals surface area contributed by atoms with Gasteiger partial charge in [0.1, 0.15) is 5.01 Å². The second-order valence-corrected chi connectivity index (χ2v) is 4.74. The molecule has 1 aromatic carbocycles. The van der Waals surface area contributed by atoms with Gasteiger partial charge >= 0.3 is 5.97 Å². The molecule has 0 unspecified atom stereocenters. The molecule has 1 N–H and O–H groups in total. The zero-order chi connectivity index (χ0) is 12.3. The third-order valence-corrected chi connectivity index (χ3v) is 3.27. The average molecular weight is 266 g/mol. The van der Waals surface area contributed by atoms with Crippen LogP contribution in [0.4, 0.5) is 0 Å². The van der Waals surface area contributed by atoms with Crippen molar-refractivity contribution < 1.29 is 9.90 Å². The number of carboxylic acids is 1. The number of aromatic nitrogens is 1. The number of aliphatic carboxylic acids is 1. The Kier molecular flexibility index (Phi) is 3.56. The van der Waals surface area contributed by atoms with Crippen LogP contribution >= 0.6 is 22.9 Å². The quantitative estimate of drug-likeness (QED) is 0.864. The average Bonchev–Trinajstić information content (AvgIpc) is 2.76. The summed E-state index contributed by atoms with van der Waals surface area (Å²) in [7, 11) is 0. The van der Waals surface area contributed by atoms with Crippen molar-refractivity contribution in [3.8, 4) is 10.6 Å². The number of thiazole rings is 1. The van der Waals surface area contributed by atoms with Crippen LogP contribution in [0.5, 0.6) is 0 Å². The molecule has 3 nitrogen and oxygen atoms in total. The van der Waals surface area contributed by atoms with Gasteiger partial charge in [-0.3, -0.25) is 0 Å². The van der Waals surface area contributed by atoms with E-state index in [0.29, 0.717) is 5.02 Å². The fourth-order valence-corrected chi connectivity index (χ4v) is 2.19. The first-order valence-corrected chi connectivity index (χ1v) is 5.97. The van der Waals surface area contributed by atoms with E-state index in [1.165, 1.54) is 17.4 Å². The molecule has 2 rings (SSSR count). The topological polar surface area (TPSA) is 50.2 Å². The van der Waals surface area contributed by atoms with E-state index < -0.39 is 5.97 Å². The van der Waals surface area contributed by atoms with Crippen molar-refractivity contribution in [3.63, 3.8) is 0 Å². The maximum Gasteiger partial charge on any atom is 0.328 e. The Balaban J connectivity index is 2.23. The van der Waals surface area contributed by atoms with Gasteiger partial charge in [-0.2, -0.15) is 0 Å². The van der Waals surface area contributed by atoms with Crippen molar-refractivity contribution in [1.82, 2.24) is 4.98 Å². The Hall–Kier alpha value is -1.65. The molecular weight excluding hydrogens is 258 g/mol. The lowest BCUT2D eigenvalue weighted by atomic mass is 10.2. The van der Waals surface area contributed by atoms with Gasteiger partial charge in [0.25, 0.3) is 0 Å². The maximum atomic E-state index is 10.4. The lowest BCUT2D eigenvalue weighted by molar-refractivity contribution is -0.131. The van der Waals surface area contributed by atoms with E-state index in [0.717, 1.165) is 21.5 Å². The van der Waals surface area contributed by atoms with Crippen molar-refractivity contribution in [2.24, 2.45) is 0 Å². The minimum Gasteiger partial charge on any atom is -0.478 e. The third-order valence-electron chi connectivity index (χ3n) is 2.00. The van der Waals surface area contributed by atoms with E-state index in [-0.39, 0.29) is 0 Å². The molecule has 0 saturated carbocycles. The highest BCUT2D eigenvalue weighted by Gasteiger charge is 2.03. The van der Waals surface area contributed by atoms with Crippen molar-refractivity contribution in [3.05, 3.63) is 46.4 Å². The normalized spacial score (nSPS) is 10.9. The summed E-state index contributed by atoms with van der Waals surface area (Å²) in [4.78, 5) is 15.4. The van der Waals surface area contributed by atoms with Gasteiger partial charge in [-0.05, 0) is 18.2 Å². The molecule has 0 spiro atoms. The van der Waals surface area contributed by atoms with Crippen LogP contribution in [0.1, 0.15) is 4.88 Å². The standard InChI is InChI=1S/C12H8ClNO2S/c13-9-3-1-8(2-4-9)12-14-7-10(17-12)5-6-11(15)16/h1-7H,(H,15,16)/b6-5+. The molecule has 2 aromatic rings. The SMILES string of the molecule is O=C(O)/C=C/c1cnc(-c2ccc(Cl)cc2)s1. The summed E-state index contributed by atoms with van der Waals surface area (Å²) in [6, 6.07) is 7.35. The molecule has 0 saturated heterocycles. The zero-order valence-corrected chi connectivity index (χ0v) is 10.2. The minimum absolute atomic E-state index is 0.677. The Morgan fingerprint density at radius 3 is 2.71 bits per heavy atom. The van der Waals surface area contributed by atoms with Gasteiger partial charge in [0.15, 0.2) is 0 Å². The van der Waals surface area contributed by atoms with Crippen molar-refractivity contribution >= 4 is 35.0 Å². The number of rotatable bonds is 3. The van der Waals surface area contributed by atoms with E-state index in [9.17, 15) is 4.79 Å². The molecule has 0 aliphatic rings. The molecule has 0 aliphatic carbocycles. The van der Waals surface area contributed by atoms with Gasteiger partial charge in [0.2, 0.25) is 0 Å². The highest BCUT2D eigenvalue weighted by molar-refractivity contribution is 7.15. The molecule has 1 aromatic heterocycles. The van der Waals surface area contributed by atoms with E-state index in [1.807, 2.05) is 12.1 Å². The summed E-state index contributed by atoms with van der Waals surface area (Å²) in [6.07, 6.45) is 4.27. The molecule has 17 heavy (non-hydrogen) atoms. The number of nitrogens with zero attached hydrogens (tertiary/aromatic N) is 1. The van der Waals surface area contributed by atoms with Gasteiger partial charge in [0, 0.05) is 27.7 Å². The predicted octanol–water partition coefficient (Wildman–Crippen LogP) is 3.56. The van der Waals surface area contributed by atoms with Crippen LogP contribution in [0.3, 0.4) is 0 Å². The minimum atomic E-state index is -0.966. The van der Waals surface area contributed by atoms with Gasteiger partial charge in [-0.1, -0.05) is 23.7 Å². The van der Waals surface area contributed by atoms with E-state index >= 15 is 0 Å². The second kappa shape index (κ2) is 5.12. The Morgan fingerprint density at radius 1 is 1.35 bits per heavy atom. The summed E-state index contributed by atoms with van der Waals surface area (Å²) >= 11 is 7.22. The lowest BCUT2D eigenvalue weighted by Crippen LogP contribution is -1.84. The molecule has 0 amide bonds. The smallest absolute Gasteiger partial charge is 0.328 e. The van der Waals surface area contributed by atoms with Crippen LogP contribution in [0.25, 0.3) is 16.6 Å². The number of hydrogen-bond donors (Lipinski definition) is 1. The summed E-state index contributed by atoms with van der Waals surface area (Å²) in [5, 5.41) is 10.0. The van der Waals surface area contributed by atoms with E-state index in [4.69, 9.17) is 16.7 Å². The van der Waals surface area contributed by atoms with Gasteiger partial charge < -0.3 is 5.11 Å². The Labute approximate surface area is 107 Å². The highest BCUT2D eigenvalue weighted by atomic mass is 35.5. The summed E-state index contributed by atoms with van der Waals surface area (Å²) < 4.78 is 0. The maximum absolute atomic E-state index is 10.4. The summed E-state index contributed by atoms with van der Waals surface area (Å²) in [6.45, 7) is 0. The fraction of sp³-hybridized carbons (Fsp3) is 0. The Morgan fingerprint density at radius 2 is 2.06 bits per heavy atom. The van der Waals surface area contributed by atoms with Crippen LogP contribution in [-0.4, -0.2) is 16.1 Å². The van der Waals surface area contributed by atoms with Crippen molar-refractivity contribution in [2.45, 2.75) is 0 Å². The fourth-order valence-electron chi connectivity index (χ4n) is 1.24. The van der Waals surface area contributed by atoms with Crippen LogP contribution in [0, 0.1) is 0 Å². The molecule has 0 atom stereocenters. The van der Waals surface area contributed by atoms with Crippen LogP contribution in [0.15, 0.2) is 36.5 Å². The number of benzene rings is 1. The molecule has 86 valence electrons. The van der Waals surface area contributed by atoms with Crippen molar-refractivity contribution in [2.75, 3.05) is 0 Å². The second-order valence-electron chi connectivity index (χ2n) is 3.25. The summed E-state index contributed by atoms with van der Waals surface area (Å²) in [5.74, 6) is -0.966. The zero-order valence-electron chi connectivity index (χ0n) is 8.63. The summed E-state index contributed by atoms with van der Waals surface area (Å²) in [5.41, 5.74) is 0.967. The van der Waals surface area contributed by atoms with Gasteiger partial charge in [-0.15, -0.1) is 11.3 Å². The number of carboxylic acid groups (broad SMARTS) is 1. The highest BCUT2D eigenvalue weighted by Crippen LogP contribution is 2.26. The molecule has 0 bridgehead atoms. The van der Waals surface area contributed by atoms with E-state index in [2.05, 4.69) is 4.98 Å². The first-order chi connectivity index (χ1) is 8.15. The van der Waals surface area contributed by atoms with E-state index in [1.54, 1.807) is 18.3 Å². The molecule has 5 heteroatoms. The van der Waals surface area contributed by atoms with Crippen LogP contribution < -0.4 is 0 Å². The van der Waals surface area contributed by atoms with Crippen molar-refractivity contribution in [1.29, 1.82) is 0 Å². The first kappa shape index (κ1) is 11.8. The monoisotopic (exact) mass is 265 g/mol. The number of hydrogen-bond acceptors (Lipinski definition) is 3. The largest absolute Gasteiger partial charge is 0.478 e. The Bertz CT molecular complexity index is 560. The third kappa shape index (κ3) is 3.15. The molecule has 0 radical (unpaired) electrons. The molecular formula is C12H8ClNO2S. The molecule has 0 aliphatic heterocycles. The number of halogens is 1. The number of carbonyl (C=O) groups is 1. The van der Waals surface area contributed by atoms with Gasteiger partial charge in [0.05, 0.1) is 0 Å². The molecule has 1 heterocycles. The predicted molar refractivity (Wildman–Crippen MR) is 69.2 cm³/mol. The van der Waals surface area contributed by atoms with Gasteiger partial charge in [-0.25, -0.2) is 9.78 Å².